The van der Waals surface area contributed by atoms with E-state index >= 15 is 0 Å². The average molecular weight is 627 g/mol. The maximum Gasteiger partial charge on any atom is 0.339 e. The smallest absolute Gasteiger partial charge is 0.339 e. The van der Waals surface area contributed by atoms with E-state index in [0.29, 0.717) is 48.5 Å². The number of hydrogen-bond acceptors (Lipinski definition) is 6. The van der Waals surface area contributed by atoms with Crippen LogP contribution in [-0.2, 0) is 18.0 Å². The van der Waals surface area contributed by atoms with E-state index in [0.717, 1.165) is 22.3 Å². The van der Waals surface area contributed by atoms with Crippen molar-refractivity contribution in [2.75, 3.05) is 20.3 Å². The molecule has 0 aliphatic heterocycles. The van der Waals surface area contributed by atoms with E-state index < -0.39 is 5.97 Å². The number of imidazole rings is 1. The quantitative estimate of drug-likeness (QED) is 0.122. The highest BCUT2D eigenvalue weighted by molar-refractivity contribution is 5.92. The summed E-state index contributed by atoms with van der Waals surface area (Å²) in [6, 6.07) is 40.4. The van der Waals surface area contributed by atoms with Crippen LogP contribution in [0.1, 0.15) is 21.5 Å². The van der Waals surface area contributed by atoms with Crippen LogP contribution in [0.5, 0.6) is 17.2 Å². The second-order valence-electron chi connectivity index (χ2n) is 10.7. The summed E-state index contributed by atoms with van der Waals surface area (Å²) in [5, 5.41) is 10.1. The number of nitrogens with zero attached hydrogens (tertiary/aromatic N) is 2. The minimum absolute atomic E-state index is 0.0278. The van der Waals surface area contributed by atoms with E-state index in [-0.39, 0.29) is 17.9 Å². The summed E-state index contributed by atoms with van der Waals surface area (Å²) < 4.78 is 25.3. The van der Waals surface area contributed by atoms with Gasteiger partial charge in [0.05, 0.1) is 17.9 Å². The lowest BCUT2D eigenvalue weighted by atomic mass is 10.1. The van der Waals surface area contributed by atoms with Gasteiger partial charge in [-0.05, 0) is 53.6 Å². The molecule has 0 bridgehead atoms. The Morgan fingerprint density at radius 3 is 1.85 bits per heavy atom. The van der Waals surface area contributed by atoms with Gasteiger partial charge in [0.15, 0.2) is 0 Å². The van der Waals surface area contributed by atoms with Gasteiger partial charge < -0.3 is 24.1 Å². The third-order valence-electron chi connectivity index (χ3n) is 7.49. The van der Waals surface area contributed by atoms with Crippen molar-refractivity contribution in [1.29, 1.82) is 0 Å². The number of ether oxygens (including phenoxy) is 4. The third-order valence-corrected chi connectivity index (χ3v) is 7.49. The summed E-state index contributed by atoms with van der Waals surface area (Å²) in [5.41, 5.74) is 4.89. The van der Waals surface area contributed by atoms with Crippen molar-refractivity contribution in [2.45, 2.75) is 13.2 Å². The fourth-order valence-corrected chi connectivity index (χ4v) is 5.14. The molecule has 1 heterocycles. The Hall–Kier alpha value is -5.86. The van der Waals surface area contributed by atoms with Crippen molar-refractivity contribution < 1.29 is 28.8 Å². The maximum atomic E-state index is 12.4. The zero-order valence-corrected chi connectivity index (χ0v) is 25.9. The van der Waals surface area contributed by atoms with Crippen LogP contribution in [0.25, 0.3) is 28.3 Å². The Balaban J connectivity index is 1.44. The average Bonchev–Trinajstić information content (AvgIpc) is 3.56. The number of carboxylic acids is 1. The van der Waals surface area contributed by atoms with Gasteiger partial charge in [-0.25, -0.2) is 9.78 Å². The van der Waals surface area contributed by atoms with Gasteiger partial charge in [0.2, 0.25) is 0 Å². The van der Waals surface area contributed by atoms with Crippen LogP contribution in [-0.4, -0.2) is 41.0 Å². The number of benzene rings is 5. The van der Waals surface area contributed by atoms with Crippen molar-refractivity contribution in [3.8, 4) is 45.6 Å². The molecule has 0 amide bonds. The Morgan fingerprint density at radius 1 is 0.660 bits per heavy atom. The number of rotatable bonds is 14. The molecule has 8 heteroatoms. The van der Waals surface area contributed by atoms with Gasteiger partial charge in [0.25, 0.3) is 0 Å². The van der Waals surface area contributed by atoms with Crippen LogP contribution < -0.4 is 14.2 Å². The number of methoxy groups -OCH3 is 1. The molecule has 8 nitrogen and oxygen atoms in total. The highest BCUT2D eigenvalue weighted by atomic mass is 16.5. The van der Waals surface area contributed by atoms with E-state index in [1.165, 1.54) is 0 Å². The summed E-state index contributed by atoms with van der Waals surface area (Å²) >= 11 is 0. The second kappa shape index (κ2) is 14.9. The molecular weight excluding hydrogens is 592 g/mol. The number of aromatic carboxylic acids is 1. The van der Waals surface area contributed by atoms with Gasteiger partial charge >= 0.3 is 5.97 Å². The van der Waals surface area contributed by atoms with Gasteiger partial charge in [-0.3, -0.25) is 4.57 Å². The van der Waals surface area contributed by atoms with Crippen LogP contribution in [0.3, 0.4) is 0 Å². The van der Waals surface area contributed by atoms with E-state index in [2.05, 4.69) is 0 Å². The Bertz CT molecular complexity index is 1940. The highest BCUT2D eigenvalue weighted by Crippen LogP contribution is 2.37. The molecule has 0 atom stereocenters. The highest BCUT2D eigenvalue weighted by Gasteiger charge is 2.21. The number of aromatic nitrogens is 2. The predicted octanol–water partition coefficient (Wildman–Crippen LogP) is 8.09. The zero-order chi connectivity index (χ0) is 32.4. The lowest BCUT2D eigenvalue weighted by Gasteiger charge is -2.15. The van der Waals surface area contributed by atoms with Gasteiger partial charge in [0, 0.05) is 24.6 Å². The van der Waals surface area contributed by atoms with Crippen molar-refractivity contribution in [3.63, 3.8) is 0 Å². The van der Waals surface area contributed by atoms with E-state index in [9.17, 15) is 9.90 Å². The van der Waals surface area contributed by atoms with E-state index in [4.69, 9.17) is 23.9 Å². The van der Waals surface area contributed by atoms with Crippen LogP contribution in [0, 0.1) is 0 Å². The van der Waals surface area contributed by atoms with Crippen LogP contribution >= 0.6 is 0 Å². The minimum atomic E-state index is -1.10. The molecule has 236 valence electrons. The van der Waals surface area contributed by atoms with Gasteiger partial charge in [-0.1, -0.05) is 84.9 Å². The molecule has 1 N–H and O–H groups in total. The fraction of sp³-hybridized carbons (Fsp3) is 0.128. The first kappa shape index (κ1) is 31.1. The summed E-state index contributed by atoms with van der Waals surface area (Å²) in [5.74, 6) is 1.04. The van der Waals surface area contributed by atoms with E-state index in [1.807, 2.05) is 126 Å². The zero-order valence-electron chi connectivity index (χ0n) is 25.9. The van der Waals surface area contributed by atoms with Crippen LogP contribution in [0.2, 0.25) is 0 Å². The molecular formula is C39H34N2O6. The third kappa shape index (κ3) is 7.52. The van der Waals surface area contributed by atoms with Crippen molar-refractivity contribution in [2.24, 2.45) is 0 Å². The molecule has 0 unspecified atom stereocenters. The lowest BCUT2D eigenvalue weighted by Crippen LogP contribution is -2.09. The molecule has 6 aromatic rings. The Morgan fingerprint density at radius 2 is 1.23 bits per heavy atom. The topological polar surface area (TPSA) is 92.0 Å². The number of hydrogen-bond donors (Lipinski definition) is 1. The van der Waals surface area contributed by atoms with Gasteiger partial charge in [-0.15, -0.1) is 0 Å². The molecule has 47 heavy (non-hydrogen) atoms. The standard InChI is InChI=1S/C39H34N2O6/c1-44-22-23-45-37-21-20-30(24-33(37)39(42)43)41-25-34(31-16-8-10-18-35(31)46-26-28-12-4-2-5-13-28)40-38(41)32-17-9-11-19-36(32)47-27-29-14-6-3-7-15-29/h2-21,24-25H,22-23,26-27H2,1H3,(H,42,43). The molecule has 0 fully saturated rings. The van der Waals surface area contributed by atoms with Gasteiger partial charge in [-0.2, -0.15) is 0 Å². The largest absolute Gasteiger partial charge is 0.490 e. The summed E-state index contributed by atoms with van der Waals surface area (Å²) in [4.78, 5) is 17.5. The van der Waals surface area contributed by atoms with Crippen molar-refractivity contribution >= 4 is 5.97 Å². The number of para-hydroxylation sites is 2. The monoisotopic (exact) mass is 626 g/mol. The second-order valence-corrected chi connectivity index (χ2v) is 10.7. The molecule has 0 radical (unpaired) electrons. The molecule has 1 aromatic heterocycles. The molecule has 0 aliphatic rings. The van der Waals surface area contributed by atoms with Gasteiger partial charge in [0.1, 0.15) is 48.5 Å². The number of carbonyl (C=O) groups is 1. The molecule has 0 spiro atoms. The molecule has 0 aliphatic carbocycles. The first-order valence-corrected chi connectivity index (χ1v) is 15.2. The molecule has 0 saturated heterocycles. The first-order valence-electron chi connectivity index (χ1n) is 15.2. The molecule has 0 saturated carbocycles. The van der Waals surface area contributed by atoms with Crippen molar-refractivity contribution in [1.82, 2.24) is 9.55 Å². The van der Waals surface area contributed by atoms with Crippen molar-refractivity contribution in [3.05, 3.63) is 150 Å². The summed E-state index contributed by atoms with van der Waals surface area (Å²) in [6.45, 7) is 1.33. The lowest BCUT2D eigenvalue weighted by molar-refractivity contribution is 0.0689. The van der Waals surface area contributed by atoms with E-state index in [1.54, 1.807) is 19.2 Å². The SMILES string of the molecule is COCCOc1ccc(-n2cc(-c3ccccc3OCc3ccccc3)nc2-c2ccccc2OCc2ccccc2)cc1C(=O)O. The normalized spacial score (nSPS) is 10.8. The Kier molecular flexibility index (Phi) is 9.90. The number of carboxylic acid groups (broad SMARTS) is 1. The predicted molar refractivity (Wildman–Crippen MR) is 180 cm³/mol. The minimum Gasteiger partial charge on any atom is -0.490 e. The summed E-state index contributed by atoms with van der Waals surface area (Å²) in [6.07, 6.45) is 1.89. The fourth-order valence-electron chi connectivity index (χ4n) is 5.14. The van der Waals surface area contributed by atoms with Crippen LogP contribution in [0.4, 0.5) is 0 Å². The maximum absolute atomic E-state index is 12.4. The Labute approximate surface area is 273 Å². The molecule has 5 aromatic carbocycles. The first-order chi connectivity index (χ1) is 23.1. The van der Waals surface area contributed by atoms with Crippen LogP contribution in [0.15, 0.2) is 134 Å². The molecule has 6 rings (SSSR count). The summed E-state index contributed by atoms with van der Waals surface area (Å²) in [7, 11) is 1.56.